The Kier molecular flexibility index (Phi) is 6.84. The second-order valence-electron chi connectivity index (χ2n) is 7.30. The van der Waals surface area contributed by atoms with E-state index in [9.17, 15) is 18.4 Å². The van der Waals surface area contributed by atoms with Crippen LogP contribution in [-0.2, 0) is 27.9 Å². The van der Waals surface area contributed by atoms with Crippen LogP contribution in [0.4, 0.5) is 5.69 Å². The minimum atomic E-state index is -4.02. The fraction of sp³-hybridized carbons (Fsp3) is 0.0800. The van der Waals surface area contributed by atoms with Gasteiger partial charge in [0.1, 0.15) is 6.20 Å². The van der Waals surface area contributed by atoms with Gasteiger partial charge in [0.2, 0.25) is 0 Å². The van der Waals surface area contributed by atoms with Crippen molar-refractivity contribution in [3.05, 3.63) is 126 Å². The molecule has 0 saturated heterocycles. The lowest BCUT2D eigenvalue weighted by Gasteiger charge is -2.25. The van der Waals surface area contributed by atoms with Crippen molar-refractivity contribution < 1.29 is 22.7 Å². The van der Waals surface area contributed by atoms with Crippen molar-refractivity contribution in [1.82, 2.24) is 4.98 Å². The maximum absolute atomic E-state index is 13.7. The van der Waals surface area contributed by atoms with Crippen molar-refractivity contribution >= 4 is 21.7 Å². The summed E-state index contributed by atoms with van der Waals surface area (Å²) in [5, 5.41) is 11.7. The molecule has 1 heterocycles. The monoisotopic (exact) mass is 475 g/mol. The van der Waals surface area contributed by atoms with Crippen molar-refractivity contribution in [1.29, 1.82) is 0 Å². The fourth-order valence-corrected chi connectivity index (χ4v) is 4.77. The molecule has 0 bridgehead atoms. The van der Waals surface area contributed by atoms with E-state index in [4.69, 9.17) is 4.74 Å². The van der Waals surface area contributed by atoms with Gasteiger partial charge in [0.15, 0.2) is 6.61 Å². The van der Waals surface area contributed by atoms with Crippen molar-refractivity contribution in [3.8, 4) is 0 Å². The smallest absolute Gasteiger partial charge is 0.339 e. The summed E-state index contributed by atoms with van der Waals surface area (Å²) in [6.45, 7) is -0.227. The van der Waals surface area contributed by atoms with E-state index in [0.717, 1.165) is 5.56 Å². The van der Waals surface area contributed by atoms with Crippen LogP contribution in [0.2, 0.25) is 0 Å². The van der Waals surface area contributed by atoms with E-state index < -0.39 is 16.0 Å². The molecule has 1 aromatic heterocycles. The third-order valence-electron chi connectivity index (χ3n) is 4.99. The van der Waals surface area contributed by atoms with Crippen LogP contribution in [-0.4, -0.2) is 19.4 Å². The highest BCUT2D eigenvalue weighted by molar-refractivity contribution is 7.92. The van der Waals surface area contributed by atoms with Crippen molar-refractivity contribution in [2.24, 2.45) is 0 Å². The number of aromatic nitrogens is 2. The van der Waals surface area contributed by atoms with E-state index in [2.05, 4.69) is 4.98 Å². The van der Waals surface area contributed by atoms with E-state index in [1.165, 1.54) is 47.0 Å². The lowest BCUT2D eigenvalue weighted by Crippen LogP contribution is -2.33. The summed E-state index contributed by atoms with van der Waals surface area (Å²) in [4.78, 5) is 16.4. The minimum absolute atomic E-state index is 0.0118. The highest BCUT2D eigenvalue weighted by Crippen LogP contribution is 2.26. The van der Waals surface area contributed by atoms with Gasteiger partial charge in [0.05, 0.1) is 28.9 Å². The van der Waals surface area contributed by atoms with Gasteiger partial charge in [-0.3, -0.25) is 4.31 Å². The molecule has 0 aliphatic heterocycles. The van der Waals surface area contributed by atoms with E-state index in [1.807, 2.05) is 30.3 Å². The van der Waals surface area contributed by atoms with Gasteiger partial charge in [-0.05, 0) is 40.9 Å². The molecule has 0 fully saturated rings. The Morgan fingerprint density at radius 2 is 1.65 bits per heavy atom. The van der Waals surface area contributed by atoms with Gasteiger partial charge in [0.25, 0.3) is 10.0 Å². The predicted molar refractivity (Wildman–Crippen MR) is 125 cm³/mol. The molecular weight excluding hydrogens is 454 g/mol. The summed E-state index contributed by atoms with van der Waals surface area (Å²) in [5.41, 5.74) is 1.35. The summed E-state index contributed by atoms with van der Waals surface area (Å²) in [6, 6.07) is 25.1. The number of rotatable bonds is 8. The molecule has 0 unspecified atom stereocenters. The van der Waals surface area contributed by atoms with Crippen LogP contribution >= 0.6 is 0 Å². The summed E-state index contributed by atoms with van der Waals surface area (Å²) in [6.07, 6.45) is 2.66. The largest absolute Gasteiger partial charge is 0.711 e. The molecule has 8 nitrogen and oxygen atoms in total. The van der Waals surface area contributed by atoms with Gasteiger partial charge in [-0.25, -0.2) is 17.9 Å². The molecule has 172 valence electrons. The second-order valence-corrected chi connectivity index (χ2v) is 9.16. The van der Waals surface area contributed by atoms with Gasteiger partial charge < -0.3 is 9.94 Å². The first-order valence-electron chi connectivity index (χ1n) is 10.4. The molecule has 0 radical (unpaired) electrons. The molecule has 0 atom stereocenters. The average Bonchev–Trinajstić information content (AvgIpc) is 2.88. The first kappa shape index (κ1) is 22.9. The van der Waals surface area contributed by atoms with Crippen LogP contribution in [0.5, 0.6) is 0 Å². The molecule has 0 spiro atoms. The Morgan fingerprint density at radius 3 is 2.35 bits per heavy atom. The van der Waals surface area contributed by atoms with E-state index in [1.54, 1.807) is 30.3 Å². The number of anilines is 1. The van der Waals surface area contributed by atoms with Crippen LogP contribution in [0.15, 0.2) is 108 Å². The van der Waals surface area contributed by atoms with E-state index in [0.29, 0.717) is 10.4 Å². The highest BCUT2D eigenvalue weighted by Gasteiger charge is 2.26. The average molecular weight is 476 g/mol. The maximum Gasteiger partial charge on any atom is 0.339 e. The van der Waals surface area contributed by atoms with Crippen LogP contribution in [0.25, 0.3) is 0 Å². The number of benzene rings is 3. The minimum Gasteiger partial charge on any atom is -0.711 e. The number of nitrogens with zero attached hydrogens (tertiary/aromatic N) is 3. The predicted octanol–water partition coefficient (Wildman–Crippen LogP) is 3.47. The SMILES string of the molecule is O=C(OCc1nccc[n+]1[O-])c1cccc(S(=O)(=O)N(Cc2ccccc2)c2ccccc2)c1. The molecule has 0 saturated carbocycles. The van der Waals surface area contributed by atoms with E-state index in [-0.39, 0.29) is 29.4 Å². The third kappa shape index (κ3) is 5.21. The summed E-state index contributed by atoms with van der Waals surface area (Å²) in [7, 11) is -4.02. The molecule has 34 heavy (non-hydrogen) atoms. The van der Waals surface area contributed by atoms with E-state index >= 15 is 0 Å². The van der Waals surface area contributed by atoms with Crippen molar-refractivity contribution in [2.75, 3.05) is 4.31 Å². The Morgan fingerprint density at radius 1 is 0.941 bits per heavy atom. The van der Waals surface area contributed by atoms with Gasteiger partial charge in [-0.15, -0.1) is 0 Å². The molecule has 0 aliphatic rings. The number of hydrogen-bond acceptors (Lipinski definition) is 6. The zero-order chi connectivity index (χ0) is 24.0. The summed E-state index contributed by atoms with van der Waals surface area (Å²) in [5.74, 6) is -0.755. The molecule has 4 aromatic rings. The Balaban J connectivity index is 1.62. The van der Waals surface area contributed by atoms with Crippen LogP contribution in [0.1, 0.15) is 21.7 Å². The molecule has 0 amide bonds. The molecule has 3 aromatic carbocycles. The zero-order valence-corrected chi connectivity index (χ0v) is 18.8. The molecule has 0 N–H and O–H groups in total. The van der Waals surface area contributed by atoms with Gasteiger partial charge >= 0.3 is 11.8 Å². The number of sulfonamides is 1. The highest BCUT2D eigenvalue weighted by atomic mass is 32.2. The normalized spacial score (nSPS) is 11.1. The standard InChI is InChI=1S/C25H21N3O5S/c29-25(33-19-24-26-15-8-16-27(24)30)21-11-7-14-23(17-21)34(31,32)28(22-12-5-2-6-13-22)18-20-9-3-1-4-10-20/h1-17H,18-19H2. The first-order valence-corrected chi connectivity index (χ1v) is 11.8. The lowest BCUT2D eigenvalue weighted by molar-refractivity contribution is -0.620. The van der Waals surface area contributed by atoms with Crippen LogP contribution in [0.3, 0.4) is 0 Å². The van der Waals surface area contributed by atoms with Crippen molar-refractivity contribution in [2.45, 2.75) is 18.0 Å². The molecule has 9 heteroatoms. The third-order valence-corrected chi connectivity index (χ3v) is 6.76. The van der Waals surface area contributed by atoms with Gasteiger partial charge in [0, 0.05) is 6.07 Å². The number of esters is 1. The Bertz CT molecular complexity index is 1380. The maximum atomic E-state index is 13.7. The quantitative estimate of drug-likeness (QED) is 0.220. The zero-order valence-electron chi connectivity index (χ0n) is 18.0. The topological polar surface area (TPSA) is 104 Å². The molecule has 4 rings (SSSR count). The van der Waals surface area contributed by atoms with Crippen molar-refractivity contribution in [3.63, 3.8) is 0 Å². The molecule has 0 aliphatic carbocycles. The lowest BCUT2D eigenvalue weighted by atomic mass is 10.2. The summed E-state index contributed by atoms with van der Waals surface area (Å²) < 4.78 is 34.3. The van der Waals surface area contributed by atoms with Crippen LogP contribution in [0, 0.1) is 5.21 Å². The Hall–Kier alpha value is -4.24. The summed E-state index contributed by atoms with van der Waals surface area (Å²) >= 11 is 0. The number of carbonyl (C=O) groups excluding carboxylic acids is 1. The number of hydrogen-bond donors (Lipinski definition) is 0. The number of carbonyl (C=O) groups is 1. The number of ether oxygens (including phenoxy) is 1. The van der Waals surface area contributed by atoms with Crippen LogP contribution < -0.4 is 9.04 Å². The van der Waals surface area contributed by atoms with Gasteiger partial charge in [-0.1, -0.05) is 54.6 Å². The molecular formula is C25H21N3O5S. The van der Waals surface area contributed by atoms with Gasteiger partial charge in [-0.2, -0.15) is 0 Å². The Labute approximate surface area is 197 Å². The first-order chi connectivity index (χ1) is 16.4. The number of para-hydroxylation sites is 1. The second kappa shape index (κ2) is 10.1. The fourth-order valence-electron chi connectivity index (χ4n) is 3.27.